The van der Waals surface area contributed by atoms with E-state index in [1.54, 1.807) is 0 Å². The molecule has 0 aliphatic heterocycles. The van der Waals surface area contributed by atoms with E-state index in [9.17, 15) is 5.11 Å². The molecule has 0 aromatic carbocycles. The van der Waals surface area contributed by atoms with E-state index in [-0.39, 0.29) is 11.0 Å². The molecule has 3 saturated carbocycles. The highest BCUT2D eigenvalue weighted by molar-refractivity contribution is 5.16. The molecule has 0 aromatic rings. The van der Waals surface area contributed by atoms with E-state index in [2.05, 4.69) is 20.8 Å². The van der Waals surface area contributed by atoms with Crippen LogP contribution in [0.25, 0.3) is 0 Å². The van der Waals surface area contributed by atoms with E-state index in [1.807, 2.05) is 0 Å². The molecule has 3 aliphatic rings. The van der Waals surface area contributed by atoms with Crippen molar-refractivity contribution in [3.63, 3.8) is 0 Å². The summed E-state index contributed by atoms with van der Waals surface area (Å²) in [7, 11) is 0. The van der Waals surface area contributed by atoms with Crippen LogP contribution in [0.1, 0.15) is 59.3 Å². The first kappa shape index (κ1) is 10.1. The molecule has 0 heterocycles. The second-order valence-electron chi connectivity index (χ2n) is 7.28. The predicted octanol–water partition coefficient (Wildman–Crippen LogP) is 3.36. The van der Waals surface area contributed by atoms with Gasteiger partial charge in [-0.3, -0.25) is 0 Å². The fraction of sp³-hybridized carbons (Fsp3) is 1.00. The number of hydrogen-bond acceptors (Lipinski definition) is 1. The summed E-state index contributed by atoms with van der Waals surface area (Å²) in [5.74, 6) is 1.42. The van der Waals surface area contributed by atoms with Crippen LogP contribution < -0.4 is 0 Å². The van der Waals surface area contributed by atoms with Gasteiger partial charge in [0.15, 0.2) is 0 Å². The van der Waals surface area contributed by atoms with Gasteiger partial charge in [0.2, 0.25) is 0 Å². The summed E-state index contributed by atoms with van der Waals surface area (Å²) in [6.45, 7) is 7.10. The molecular formula is C14H24O. The molecule has 1 heteroatoms. The van der Waals surface area contributed by atoms with Crippen LogP contribution in [0, 0.1) is 22.7 Å². The van der Waals surface area contributed by atoms with Crippen molar-refractivity contribution in [3.8, 4) is 0 Å². The van der Waals surface area contributed by atoms with Crippen molar-refractivity contribution >= 4 is 0 Å². The van der Waals surface area contributed by atoms with Crippen molar-refractivity contribution in [2.75, 3.05) is 0 Å². The molecule has 0 aromatic heterocycles. The van der Waals surface area contributed by atoms with E-state index in [0.717, 1.165) is 12.3 Å². The van der Waals surface area contributed by atoms with E-state index in [4.69, 9.17) is 0 Å². The molecule has 0 saturated heterocycles. The molecule has 1 nitrogen and oxygen atoms in total. The topological polar surface area (TPSA) is 20.2 Å². The van der Waals surface area contributed by atoms with E-state index in [0.29, 0.717) is 11.3 Å². The summed E-state index contributed by atoms with van der Waals surface area (Å²) in [5.41, 5.74) is 0.459. The lowest BCUT2D eigenvalue weighted by molar-refractivity contribution is -0.221. The molecule has 0 bridgehead atoms. The minimum atomic E-state index is -0.300. The number of aliphatic hydroxyl groups is 1. The van der Waals surface area contributed by atoms with Gasteiger partial charge >= 0.3 is 0 Å². The predicted molar refractivity (Wildman–Crippen MR) is 61.5 cm³/mol. The Labute approximate surface area is 93.3 Å². The molecule has 15 heavy (non-hydrogen) atoms. The second kappa shape index (κ2) is 2.61. The lowest BCUT2D eigenvalue weighted by Crippen LogP contribution is -2.63. The van der Waals surface area contributed by atoms with Crippen molar-refractivity contribution in [2.24, 2.45) is 22.7 Å². The van der Waals surface area contributed by atoms with E-state index < -0.39 is 0 Å². The standard InChI is InChI=1S/C14H24O/c1-12(2)9-11-10(12)5-8-13(3)6-4-7-14(11,13)15/h10-11,15H,4-9H2,1-3H3/t10-,11-,13-,14-/m0/s1. The van der Waals surface area contributed by atoms with E-state index >= 15 is 0 Å². The van der Waals surface area contributed by atoms with Crippen molar-refractivity contribution in [1.29, 1.82) is 0 Å². The van der Waals surface area contributed by atoms with Gasteiger partial charge in [0.1, 0.15) is 0 Å². The number of hydrogen-bond donors (Lipinski definition) is 1. The monoisotopic (exact) mass is 208 g/mol. The first-order valence-electron chi connectivity index (χ1n) is 6.62. The molecule has 3 fully saturated rings. The smallest absolute Gasteiger partial charge is 0.0732 e. The van der Waals surface area contributed by atoms with Gasteiger partial charge < -0.3 is 5.11 Å². The maximum absolute atomic E-state index is 11.0. The largest absolute Gasteiger partial charge is 0.389 e. The van der Waals surface area contributed by atoms with Crippen molar-refractivity contribution in [1.82, 2.24) is 0 Å². The lowest BCUT2D eigenvalue weighted by Gasteiger charge is -2.64. The zero-order valence-corrected chi connectivity index (χ0v) is 10.3. The summed E-state index contributed by atoms with van der Waals surface area (Å²) in [6.07, 6.45) is 7.44. The molecule has 3 rings (SSSR count). The Balaban J connectivity index is 1.93. The molecule has 0 radical (unpaired) electrons. The molecule has 86 valence electrons. The third-order valence-electron chi connectivity index (χ3n) is 6.19. The van der Waals surface area contributed by atoms with Crippen molar-refractivity contribution in [3.05, 3.63) is 0 Å². The Morgan fingerprint density at radius 2 is 1.73 bits per heavy atom. The zero-order chi connectivity index (χ0) is 10.9. The van der Waals surface area contributed by atoms with Gasteiger partial charge in [-0.15, -0.1) is 0 Å². The molecule has 3 aliphatic carbocycles. The fourth-order valence-electron chi connectivity index (χ4n) is 5.05. The van der Waals surface area contributed by atoms with Gasteiger partial charge in [-0.05, 0) is 61.2 Å². The number of fused-ring (bicyclic) bond motifs is 3. The third-order valence-corrected chi connectivity index (χ3v) is 6.19. The zero-order valence-electron chi connectivity index (χ0n) is 10.3. The summed E-state index contributed by atoms with van der Waals surface area (Å²) in [5, 5.41) is 11.0. The minimum Gasteiger partial charge on any atom is -0.389 e. The first-order valence-corrected chi connectivity index (χ1v) is 6.62. The fourth-order valence-corrected chi connectivity index (χ4v) is 5.05. The van der Waals surface area contributed by atoms with Gasteiger partial charge in [0, 0.05) is 0 Å². The Hall–Kier alpha value is -0.0400. The van der Waals surface area contributed by atoms with Crippen LogP contribution in [0.2, 0.25) is 0 Å². The molecule has 0 unspecified atom stereocenters. The normalized spacial score (nSPS) is 56.8. The Morgan fingerprint density at radius 1 is 1.00 bits per heavy atom. The van der Waals surface area contributed by atoms with E-state index in [1.165, 1.54) is 32.1 Å². The summed E-state index contributed by atoms with van der Waals surface area (Å²) >= 11 is 0. The van der Waals surface area contributed by atoms with Crippen molar-refractivity contribution in [2.45, 2.75) is 64.9 Å². The van der Waals surface area contributed by atoms with Crippen LogP contribution in [0.4, 0.5) is 0 Å². The third kappa shape index (κ3) is 1.03. The maximum Gasteiger partial charge on any atom is 0.0732 e. The van der Waals surface area contributed by atoms with Crippen LogP contribution in [0.15, 0.2) is 0 Å². The van der Waals surface area contributed by atoms with Gasteiger partial charge in [-0.1, -0.05) is 20.8 Å². The van der Waals surface area contributed by atoms with Crippen LogP contribution >= 0.6 is 0 Å². The van der Waals surface area contributed by atoms with Gasteiger partial charge in [-0.2, -0.15) is 0 Å². The van der Waals surface area contributed by atoms with Crippen LogP contribution in [0.5, 0.6) is 0 Å². The molecular weight excluding hydrogens is 184 g/mol. The molecule has 0 amide bonds. The highest BCUT2D eigenvalue weighted by atomic mass is 16.3. The summed E-state index contributed by atoms with van der Waals surface area (Å²) < 4.78 is 0. The van der Waals surface area contributed by atoms with Crippen LogP contribution in [-0.4, -0.2) is 10.7 Å². The van der Waals surface area contributed by atoms with Gasteiger partial charge in [0.25, 0.3) is 0 Å². The first-order chi connectivity index (χ1) is 6.89. The van der Waals surface area contributed by atoms with Crippen molar-refractivity contribution < 1.29 is 5.11 Å². The summed E-state index contributed by atoms with van der Waals surface area (Å²) in [6, 6.07) is 0. The van der Waals surface area contributed by atoms with Gasteiger partial charge in [-0.25, -0.2) is 0 Å². The van der Waals surface area contributed by atoms with Crippen LogP contribution in [-0.2, 0) is 0 Å². The highest BCUT2D eigenvalue weighted by Gasteiger charge is 2.66. The minimum absolute atomic E-state index is 0.255. The summed E-state index contributed by atoms with van der Waals surface area (Å²) in [4.78, 5) is 0. The Bertz CT molecular complexity index is 296. The second-order valence-corrected chi connectivity index (χ2v) is 7.28. The maximum atomic E-state index is 11.0. The van der Waals surface area contributed by atoms with Crippen LogP contribution in [0.3, 0.4) is 0 Å². The quantitative estimate of drug-likeness (QED) is 0.647. The Kier molecular flexibility index (Phi) is 1.77. The molecule has 1 N–H and O–H groups in total. The highest BCUT2D eigenvalue weighted by Crippen LogP contribution is 2.68. The van der Waals surface area contributed by atoms with Gasteiger partial charge in [0.05, 0.1) is 5.60 Å². The number of rotatable bonds is 0. The molecule has 0 spiro atoms. The molecule has 4 atom stereocenters. The Morgan fingerprint density at radius 3 is 2.40 bits per heavy atom. The SMILES string of the molecule is CC1(C)C[C@H]2[C@@H]1CC[C@]1(C)CCC[C@]21O. The lowest BCUT2D eigenvalue weighted by atomic mass is 9.42. The average molecular weight is 208 g/mol. The average Bonchev–Trinajstić information content (AvgIpc) is 2.41.